The van der Waals surface area contributed by atoms with Crippen molar-refractivity contribution in [1.29, 1.82) is 0 Å². The molecule has 0 heterocycles. The fourth-order valence-electron chi connectivity index (χ4n) is 3.13. The van der Waals surface area contributed by atoms with Crippen molar-refractivity contribution in [3.8, 4) is 11.5 Å². The summed E-state index contributed by atoms with van der Waals surface area (Å²) >= 11 is 0. The zero-order chi connectivity index (χ0) is 15.4. The number of benzene rings is 1. The third-order valence-electron chi connectivity index (χ3n) is 4.42. The van der Waals surface area contributed by atoms with Gasteiger partial charge >= 0.3 is 0 Å². The highest BCUT2D eigenvalue weighted by atomic mass is 16.5. The molecule has 2 atom stereocenters. The predicted octanol–water partition coefficient (Wildman–Crippen LogP) is 1.99. The Morgan fingerprint density at radius 3 is 2.76 bits per heavy atom. The van der Waals surface area contributed by atoms with Crippen molar-refractivity contribution in [3.63, 3.8) is 0 Å². The van der Waals surface area contributed by atoms with Crippen molar-refractivity contribution in [2.45, 2.75) is 31.7 Å². The average Bonchev–Trinajstić information content (AvgIpc) is 2.53. The number of hydrogen-bond donors (Lipinski definition) is 2. The van der Waals surface area contributed by atoms with E-state index >= 15 is 0 Å². The van der Waals surface area contributed by atoms with Crippen molar-refractivity contribution in [3.05, 3.63) is 23.8 Å². The van der Waals surface area contributed by atoms with Crippen LogP contribution in [0.4, 0.5) is 0 Å². The van der Waals surface area contributed by atoms with Crippen LogP contribution in [0.5, 0.6) is 11.5 Å². The molecule has 2 unspecified atom stereocenters. The van der Waals surface area contributed by atoms with Gasteiger partial charge in [0.05, 0.1) is 12.7 Å². The van der Waals surface area contributed by atoms with Gasteiger partial charge in [-0.1, -0.05) is 12.8 Å². The van der Waals surface area contributed by atoms with Crippen LogP contribution in [0.1, 0.15) is 36.0 Å². The molecule has 1 aromatic rings. The van der Waals surface area contributed by atoms with Gasteiger partial charge in [-0.05, 0) is 37.4 Å². The molecule has 21 heavy (non-hydrogen) atoms. The predicted molar refractivity (Wildman–Crippen MR) is 81.6 cm³/mol. The molecule has 0 aromatic heterocycles. The molecule has 1 fully saturated rings. The van der Waals surface area contributed by atoms with Crippen LogP contribution >= 0.6 is 0 Å². The number of nitrogens with two attached hydrogens (primary N) is 1. The van der Waals surface area contributed by atoms with E-state index in [1.54, 1.807) is 24.1 Å². The van der Waals surface area contributed by atoms with Gasteiger partial charge in [-0.2, -0.15) is 0 Å². The molecule has 116 valence electrons. The highest BCUT2D eigenvalue weighted by Gasteiger charge is 2.31. The normalized spacial score (nSPS) is 21.9. The Labute approximate surface area is 125 Å². The van der Waals surface area contributed by atoms with Gasteiger partial charge in [0.25, 0.3) is 5.91 Å². The lowest BCUT2D eigenvalue weighted by Gasteiger charge is -2.37. The summed E-state index contributed by atoms with van der Waals surface area (Å²) in [5.41, 5.74) is 6.14. The Kier molecular flexibility index (Phi) is 5.07. The molecule has 1 aliphatic rings. The lowest BCUT2D eigenvalue weighted by molar-refractivity contribution is 0.0617. The quantitative estimate of drug-likeness (QED) is 0.890. The molecule has 0 radical (unpaired) electrons. The highest BCUT2D eigenvalue weighted by Crippen LogP contribution is 2.30. The molecular formula is C16H24N2O3. The van der Waals surface area contributed by atoms with Crippen LogP contribution < -0.4 is 10.5 Å². The molecule has 1 amide bonds. The third-order valence-corrected chi connectivity index (χ3v) is 4.42. The number of amides is 1. The van der Waals surface area contributed by atoms with Crippen molar-refractivity contribution in [2.75, 3.05) is 20.7 Å². The number of phenols is 1. The van der Waals surface area contributed by atoms with Gasteiger partial charge < -0.3 is 20.5 Å². The van der Waals surface area contributed by atoms with Crippen LogP contribution in [-0.2, 0) is 0 Å². The highest BCUT2D eigenvalue weighted by molar-refractivity contribution is 5.97. The van der Waals surface area contributed by atoms with E-state index in [1.807, 2.05) is 0 Å². The van der Waals surface area contributed by atoms with Crippen LogP contribution in [0.15, 0.2) is 18.2 Å². The van der Waals surface area contributed by atoms with Gasteiger partial charge in [-0.3, -0.25) is 4.79 Å². The second kappa shape index (κ2) is 6.80. The van der Waals surface area contributed by atoms with E-state index in [2.05, 4.69) is 0 Å². The topological polar surface area (TPSA) is 75.8 Å². The molecule has 0 saturated heterocycles. The molecule has 0 spiro atoms. The monoisotopic (exact) mass is 292 g/mol. The van der Waals surface area contributed by atoms with Crippen molar-refractivity contribution in [2.24, 2.45) is 11.7 Å². The smallest absolute Gasteiger partial charge is 0.257 e. The maximum Gasteiger partial charge on any atom is 0.257 e. The minimum Gasteiger partial charge on any atom is -0.507 e. The Balaban J connectivity index is 2.18. The van der Waals surface area contributed by atoms with Crippen molar-refractivity contribution >= 4 is 5.91 Å². The molecule has 0 aliphatic heterocycles. The minimum atomic E-state index is -0.166. The molecule has 1 aromatic carbocycles. The molecule has 1 aliphatic carbocycles. The summed E-state index contributed by atoms with van der Waals surface area (Å²) in [6.45, 7) is 0.594. The molecule has 5 nitrogen and oxygen atoms in total. The van der Waals surface area contributed by atoms with E-state index in [0.717, 1.165) is 19.3 Å². The second-order valence-electron chi connectivity index (χ2n) is 5.65. The van der Waals surface area contributed by atoms with E-state index in [4.69, 9.17) is 10.5 Å². The van der Waals surface area contributed by atoms with E-state index in [9.17, 15) is 9.90 Å². The number of carbonyl (C=O) groups excluding carboxylic acids is 1. The number of ether oxygens (including phenoxy) is 1. The molecule has 3 N–H and O–H groups in total. The first-order valence-corrected chi connectivity index (χ1v) is 7.42. The summed E-state index contributed by atoms with van der Waals surface area (Å²) < 4.78 is 5.04. The van der Waals surface area contributed by atoms with E-state index < -0.39 is 0 Å². The van der Waals surface area contributed by atoms with Crippen molar-refractivity contribution < 1.29 is 14.6 Å². The number of hydrogen-bond acceptors (Lipinski definition) is 4. The first-order valence-electron chi connectivity index (χ1n) is 7.42. The Hall–Kier alpha value is -1.75. The van der Waals surface area contributed by atoms with Crippen molar-refractivity contribution in [1.82, 2.24) is 4.90 Å². The van der Waals surface area contributed by atoms with Gasteiger partial charge in [0.1, 0.15) is 11.5 Å². The van der Waals surface area contributed by atoms with Gasteiger partial charge in [-0.25, -0.2) is 0 Å². The standard InChI is InChI=1S/C16H24N2O3/c1-18(14-6-4-3-5-11(14)10-17)16(20)13-8-7-12(21-2)9-15(13)19/h7-9,11,14,19H,3-6,10,17H2,1-2H3. The lowest BCUT2D eigenvalue weighted by atomic mass is 9.83. The number of methoxy groups -OCH3 is 1. The summed E-state index contributed by atoms with van der Waals surface area (Å²) in [7, 11) is 3.32. The summed E-state index contributed by atoms with van der Waals surface area (Å²) in [4.78, 5) is 14.3. The fourth-order valence-corrected chi connectivity index (χ4v) is 3.13. The number of nitrogens with zero attached hydrogens (tertiary/aromatic N) is 1. The fraction of sp³-hybridized carbons (Fsp3) is 0.562. The Morgan fingerprint density at radius 1 is 1.43 bits per heavy atom. The molecule has 5 heteroatoms. The first kappa shape index (κ1) is 15.6. The van der Waals surface area contributed by atoms with Crippen LogP contribution in [0.3, 0.4) is 0 Å². The van der Waals surface area contributed by atoms with E-state index in [-0.39, 0.29) is 17.7 Å². The maximum absolute atomic E-state index is 12.6. The summed E-state index contributed by atoms with van der Waals surface area (Å²) in [5.74, 6) is 0.657. The Morgan fingerprint density at radius 2 is 2.14 bits per heavy atom. The summed E-state index contributed by atoms with van der Waals surface area (Å²) in [6.07, 6.45) is 4.33. The molecule has 0 bridgehead atoms. The number of aromatic hydroxyl groups is 1. The number of carbonyl (C=O) groups is 1. The molecule has 2 rings (SSSR count). The van der Waals surface area contributed by atoms with Crippen LogP contribution in [0.25, 0.3) is 0 Å². The van der Waals surface area contributed by atoms with Crippen LogP contribution in [0, 0.1) is 5.92 Å². The molecule has 1 saturated carbocycles. The lowest BCUT2D eigenvalue weighted by Crippen LogP contribution is -2.45. The third kappa shape index (κ3) is 3.29. The van der Waals surface area contributed by atoms with Gasteiger partial charge in [0.15, 0.2) is 0 Å². The van der Waals surface area contributed by atoms with E-state index in [0.29, 0.717) is 23.8 Å². The zero-order valence-electron chi connectivity index (χ0n) is 12.7. The second-order valence-corrected chi connectivity index (χ2v) is 5.65. The van der Waals surface area contributed by atoms with E-state index in [1.165, 1.54) is 19.6 Å². The SMILES string of the molecule is COc1ccc(C(=O)N(C)C2CCCCC2CN)c(O)c1. The largest absolute Gasteiger partial charge is 0.507 e. The average molecular weight is 292 g/mol. The zero-order valence-corrected chi connectivity index (χ0v) is 12.7. The summed E-state index contributed by atoms with van der Waals surface area (Å²) in [6, 6.07) is 4.90. The maximum atomic E-state index is 12.6. The minimum absolute atomic E-state index is 0.0497. The van der Waals surface area contributed by atoms with Crippen LogP contribution in [0.2, 0.25) is 0 Å². The van der Waals surface area contributed by atoms with Gasteiger partial charge in [-0.15, -0.1) is 0 Å². The Bertz CT molecular complexity index is 504. The summed E-state index contributed by atoms with van der Waals surface area (Å²) in [5, 5.41) is 10.0. The first-order chi connectivity index (χ1) is 10.1. The molecular weight excluding hydrogens is 268 g/mol. The number of rotatable bonds is 4. The van der Waals surface area contributed by atoms with Gasteiger partial charge in [0, 0.05) is 19.2 Å². The number of phenolic OH excluding ortho intramolecular Hbond substituents is 1. The van der Waals surface area contributed by atoms with Gasteiger partial charge in [0.2, 0.25) is 0 Å². The van der Waals surface area contributed by atoms with Crippen LogP contribution in [-0.4, -0.2) is 42.7 Å².